The van der Waals surface area contributed by atoms with Gasteiger partial charge in [0.2, 0.25) is 0 Å². The molecule has 0 bridgehead atoms. The summed E-state index contributed by atoms with van der Waals surface area (Å²) in [4.78, 5) is 11.0. The Balaban J connectivity index is 1.86. The van der Waals surface area contributed by atoms with Crippen LogP contribution in [0.25, 0.3) is 0 Å². The molecule has 2 aromatic rings. The van der Waals surface area contributed by atoms with Crippen molar-refractivity contribution < 1.29 is 20.1 Å². The first-order valence-electron chi connectivity index (χ1n) is 8.21. The normalized spacial score (nSPS) is 14.5. The molecule has 1 unspecified atom stereocenters. The molecule has 0 fully saturated rings. The monoisotopic (exact) mass is 344 g/mol. The standard InChI is InChI=1S/C19H24N2O4/c22-17(15-9-5-2-6-10-15)12-20-13-18(23)16(21-19(24)25)11-14-7-3-1-4-8-14/h1-10,16-18,20-23H,11-13H2,(H,24,25)/t16-,17?,18+/m0/s1. The zero-order valence-electron chi connectivity index (χ0n) is 13.9. The van der Waals surface area contributed by atoms with Crippen molar-refractivity contribution >= 4 is 6.09 Å². The average Bonchev–Trinajstić information content (AvgIpc) is 2.62. The van der Waals surface area contributed by atoms with Crippen LogP contribution in [0.15, 0.2) is 60.7 Å². The Morgan fingerprint density at radius 3 is 2.12 bits per heavy atom. The average molecular weight is 344 g/mol. The largest absolute Gasteiger partial charge is 0.465 e. The molecule has 3 atom stereocenters. The van der Waals surface area contributed by atoms with Crippen LogP contribution in [0.3, 0.4) is 0 Å². The van der Waals surface area contributed by atoms with E-state index in [1.165, 1.54) is 0 Å². The van der Waals surface area contributed by atoms with Crippen LogP contribution in [-0.2, 0) is 6.42 Å². The zero-order valence-corrected chi connectivity index (χ0v) is 13.9. The lowest BCUT2D eigenvalue weighted by molar-refractivity contribution is 0.110. The maximum atomic E-state index is 11.0. The number of nitrogens with one attached hydrogen (secondary N) is 2. The molecule has 0 aliphatic rings. The number of amides is 1. The highest BCUT2D eigenvalue weighted by molar-refractivity contribution is 5.65. The lowest BCUT2D eigenvalue weighted by atomic mass is 10.0. The molecule has 0 spiro atoms. The molecule has 5 N–H and O–H groups in total. The fraction of sp³-hybridized carbons (Fsp3) is 0.316. The Kier molecular flexibility index (Phi) is 7.40. The summed E-state index contributed by atoms with van der Waals surface area (Å²) in [5.41, 5.74) is 1.72. The van der Waals surface area contributed by atoms with Gasteiger partial charge in [-0.3, -0.25) is 0 Å². The van der Waals surface area contributed by atoms with Gasteiger partial charge in [-0.15, -0.1) is 0 Å². The van der Waals surface area contributed by atoms with E-state index in [0.717, 1.165) is 11.1 Å². The Hall–Kier alpha value is -2.41. The van der Waals surface area contributed by atoms with Crippen LogP contribution >= 0.6 is 0 Å². The molecule has 25 heavy (non-hydrogen) atoms. The van der Waals surface area contributed by atoms with Gasteiger partial charge >= 0.3 is 6.09 Å². The predicted molar refractivity (Wildman–Crippen MR) is 95.4 cm³/mol. The molecule has 2 rings (SSSR count). The van der Waals surface area contributed by atoms with Gasteiger partial charge in [0.05, 0.1) is 18.2 Å². The summed E-state index contributed by atoms with van der Waals surface area (Å²) in [6.45, 7) is 0.438. The van der Waals surface area contributed by atoms with Crippen LogP contribution in [0.4, 0.5) is 4.79 Å². The molecule has 6 heteroatoms. The zero-order chi connectivity index (χ0) is 18.1. The molecule has 6 nitrogen and oxygen atoms in total. The Labute approximate surface area is 147 Å². The maximum absolute atomic E-state index is 11.0. The summed E-state index contributed by atoms with van der Waals surface area (Å²) in [5.74, 6) is 0. The lowest BCUT2D eigenvalue weighted by Gasteiger charge is -2.24. The molecular weight excluding hydrogens is 320 g/mol. The topological polar surface area (TPSA) is 102 Å². The lowest BCUT2D eigenvalue weighted by Crippen LogP contribution is -2.48. The number of aliphatic hydroxyl groups excluding tert-OH is 2. The van der Waals surface area contributed by atoms with Gasteiger partial charge in [0.25, 0.3) is 0 Å². The van der Waals surface area contributed by atoms with E-state index in [1.54, 1.807) is 0 Å². The quantitative estimate of drug-likeness (QED) is 0.475. The van der Waals surface area contributed by atoms with Gasteiger partial charge in [0, 0.05) is 13.1 Å². The van der Waals surface area contributed by atoms with Crippen LogP contribution in [0.1, 0.15) is 17.2 Å². The smallest absolute Gasteiger partial charge is 0.404 e. The van der Waals surface area contributed by atoms with Gasteiger partial charge in [-0.1, -0.05) is 60.7 Å². The van der Waals surface area contributed by atoms with Gasteiger partial charge in [0.1, 0.15) is 0 Å². The Morgan fingerprint density at radius 2 is 1.52 bits per heavy atom. The third-order valence-corrected chi connectivity index (χ3v) is 3.95. The van der Waals surface area contributed by atoms with Gasteiger partial charge in [-0.2, -0.15) is 0 Å². The highest BCUT2D eigenvalue weighted by Gasteiger charge is 2.21. The highest BCUT2D eigenvalue weighted by Crippen LogP contribution is 2.11. The van der Waals surface area contributed by atoms with E-state index < -0.39 is 24.3 Å². The fourth-order valence-corrected chi connectivity index (χ4v) is 2.61. The molecule has 2 aromatic carbocycles. The molecule has 1 amide bonds. The predicted octanol–water partition coefficient (Wildman–Crippen LogP) is 1.55. The van der Waals surface area contributed by atoms with E-state index in [0.29, 0.717) is 6.42 Å². The van der Waals surface area contributed by atoms with Crippen LogP contribution in [-0.4, -0.2) is 46.6 Å². The third-order valence-electron chi connectivity index (χ3n) is 3.95. The first-order chi connectivity index (χ1) is 12.1. The van der Waals surface area contributed by atoms with Gasteiger partial charge < -0.3 is 26.0 Å². The van der Waals surface area contributed by atoms with E-state index in [1.807, 2.05) is 60.7 Å². The van der Waals surface area contributed by atoms with Crippen LogP contribution in [0, 0.1) is 0 Å². The Morgan fingerprint density at radius 1 is 0.920 bits per heavy atom. The molecular formula is C19H24N2O4. The van der Waals surface area contributed by atoms with E-state index in [9.17, 15) is 15.0 Å². The van der Waals surface area contributed by atoms with Crippen LogP contribution in [0.5, 0.6) is 0 Å². The van der Waals surface area contributed by atoms with Gasteiger partial charge in [-0.25, -0.2) is 4.79 Å². The summed E-state index contributed by atoms with van der Waals surface area (Å²) < 4.78 is 0. The second-order valence-corrected chi connectivity index (χ2v) is 5.90. The number of hydrogen-bond donors (Lipinski definition) is 5. The summed E-state index contributed by atoms with van der Waals surface area (Å²) in [5, 5.41) is 34.8. The second-order valence-electron chi connectivity index (χ2n) is 5.90. The van der Waals surface area contributed by atoms with Crippen molar-refractivity contribution in [2.45, 2.75) is 24.7 Å². The van der Waals surface area contributed by atoms with E-state index in [4.69, 9.17) is 5.11 Å². The molecule has 0 saturated carbocycles. The molecule has 0 aromatic heterocycles. The van der Waals surface area contributed by atoms with Crippen LogP contribution in [0.2, 0.25) is 0 Å². The second kappa shape index (κ2) is 9.78. The van der Waals surface area contributed by atoms with Crippen LogP contribution < -0.4 is 10.6 Å². The number of hydrogen-bond acceptors (Lipinski definition) is 4. The highest BCUT2D eigenvalue weighted by atomic mass is 16.4. The van der Waals surface area contributed by atoms with E-state index in [2.05, 4.69) is 10.6 Å². The maximum Gasteiger partial charge on any atom is 0.404 e. The van der Waals surface area contributed by atoms with Crippen molar-refractivity contribution in [2.24, 2.45) is 0 Å². The van der Waals surface area contributed by atoms with Crippen molar-refractivity contribution in [2.75, 3.05) is 13.1 Å². The fourth-order valence-electron chi connectivity index (χ4n) is 2.61. The molecule has 0 saturated heterocycles. The van der Waals surface area contributed by atoms with E-state index in [-0.39, 0.29) is 13.1 Å². The summed E-state index contributed by atoms with van der Waals surface area (Å²) in [6.07, 6.45) is -2.39. The molecule has 0 radical (unpaired) electrons. The molecule has 0 aliphatic carbocycles. The van der Waals surface area contributed by atoms with Crippen molar-refractivity contribution in [3.8, 4) is 0 Å². The van der Waals surface area contributed by atoms with Crippen molar-refractivity contribution in [3.05, 3.63) is 71.8 Å². The SMILES string of the molecule is O=C(O)N[C@@H](Cc1ccccc1)[C@H](O)CNCC(O)c1ccccc1. The van der Waals surface area contributed by atoms with E-state index >= 15 is 0 Å². The Bertz CT molecular complexity index is 636. The minimum Gasteiger partial charge on any atom is -0.465 e. The van der Waals surface area contributed by atoms with Crippen molar-refractivity contribution in [3.63, 3.8) is 0 Å². The molecule has 0 heterocycles. The number of carbonyl (C=O) groups is 1. The number of benzene rings is 2. The van der Waals surface area contributed by atoms with Gasteiger partial charge in [-0.05, 0) is 17.5 Å². The third kappa shape index (κ3) is 6.54. The first-order valence-corrected chi connectivity index (χ1v) is 8.21. The van der Waals surface area contributed by atoms with Crippen molar-refractivity contribution in [1.82, 2.24) is 10.6 Å². The summed E-state index contributed by atoms with van der Waals surface area (Å²) in [7, 11) is 0. The number of rotatable bonds is 9. The summed E-state index contributed by atoms with van der Waals surface area (Å²) in [6, 6.07) is 18.0. The van der Waals surface area contributed by atoms with Crippen molar-refractivity contribution in [1.29, 1.82) is 0 Å². The van der Waals surface area contributed by atoms with Gasteiger partial charge in [0.15, 0.2) is 0 Å². The molecule has 134 valence electrons. The number of aliphatic hydroxyl groups is 2. The summed E-state index contributed by atoms with van der Waals surface area (Å²) >= 11 is 0. The minimum atomic E-state index is -1.18. The molecule has 0 aliphatic heterocycles. The first kappa shape index (κ1) is 18.9. The number of carboxylic acid groups (broad SMARTS) is 1. The minimum absolute atomic E-state index is 0.168.